The van der Waals surface area contributed by atoms with E-state index in [0.29, 0.717) is 24.6 Å². The Kier molecular flexibility index (Phi) is 6.10. The van der Waals surface area contributed by atoms with Crippen LogP contribution in [0.4, 0.5) is 5.69 Å². The molecule has 0 radical (unpaired) electrons. The van der Waals surface area contributed by atoms with Crippen molar-refractivity contribution in [2.24, 2.45) is 0 Å². The van der Waals surface area contributed by atoms with Gasteiger partial charge in [-0.1, -0.05) is 12.1 Å². The second-order valence-corrected chi connectivity index (χ2v) is 7.60. The minimum absolute atomic E-state index is 0.0865. The summed E-state index contributed by atoms with van der Waals surface area (Å²) in [5.41, 5.74) is 0.780. The van der Waals surface area contributed by atoms with Crippen LogP contribution >= 0.6 is 11.8 Å². The average molecular weight is 393 g/mol. The van der Waals surface area contributed by atoms with Crippen LogP contribution in [0.25, 0.3) is 0 Å². The molecule has 1 saturated heterocycles. The van der Waals surface area contributed by atoms with E-state index in [0.717, 1.165) is 5.69 Å². The molecule has 2 aliphatic rings. The minimum atomic E-state index is -0.683. The third-order valence-corrected chi connectivity index (χ3v) is 5.77. The summed E-state index contributed by atoms with van der Waals surface area (Å²) >= 11 is 1.50. The molecule has 146 valence electrons. The number of amides is 2. The van der Waals surface area contributed by atoms with Crippen molar-refractivity contribution in [2.75, 3.05) is 51.0 Å². The van der Waals surface area contributed by atoms with E-state index in [2.05, 4.69) is 5.32 Å². The highest BCUT2D eigenvalue weighted by atomic mass is 32.2. The SMILES string of the molecule is CNC(=O)[C@@H]1CN(CC(=O)N2CCS[C@H](C(=O)OC)C2)c2ccccc2O1. The fourth-order valence-corrected chi connectivity index (χ4v) is 4.30. The predicted octanol–water partition coefficient (Wildman–Crippen LogP) is 0.117. The van der Waals surface area contributed by atoms with Gasteiger partial charge in [0, 0.05) is 25.9 Å². The Balaban J connectivity index is 1.72. The molecule has 8 nitrogen and oxygen atoms in total. The number of thioether (sulfide) groups is 1. The Hall–Kier alpha value is -2.42. The van der Waals surface area contributed by atoms with E-state index < -0.39 is 6.10 Å². The maximum absolute atomic E-state index is 12.9. The van der Waals surface area contributed by atoms with E-state index in [-0.39, 0.29) is 36.1 Å². The summed E-state index contributed by atoms with van der Waals surface area (Å²) in [6.45, 7) is 1.32. The molecule has 2 amide bonds. The van der Waals surface area contributed by atoms with E-state index in [1.165, 1.54) is 18.9 Å². The Bertz CT molecular complexity index is 729. The summed E-state index contributed by atoms with van der Waals surface area (Å²) in [5.74, 6) is 0.630. The number of para-hydroxylation sites is 2. The van der Waals surface area contributed by atoms with Crippen LogP contribution in [0.15, 0.2) is 24.3 Å². The third-order valence-electron chi connectivity index (χ3n) is 4.61. The van der Waals surface area contributed by atoms with Crippen LogP contribution in [0.5, 0.6) is 5.75 Å². The smallest absolute Gasteiger partial charge is 0.320 e. The molecule has 1 N–H and O–H groups in total. The van der Waals surface area contributed by atoms with E-state index in [9.17, 15) is 14.4 Å². The van der Waals surface area contributed by atoms with Crippen molar-refractivity contribution in [3.8, 4) is 5.75 Å². The number of rotatable bonds is 4. The van der Waals surface area contributed by atoms with Gasteiger partial charge in [-0.05, 0) is 12.1 Å². The Morgan fingerprint density at radius 2 is 2.07 bits per heavy atom. The molecule has 0 aromatic heterocycles. The predicted molar refractivity (Wildman–Crippen MR) is 102 cm³/mol. The highest BCUT2D eigenvalue weighted by Gasteiger charge is 2.34. The number of carbonyl (C=O) groups excluding carboxylic acids is 3. The van der Waals surface area contributed by atoms with Gasteiger partial charge in [0.2, 0.25) is 5.91 Å². The summed E-state index contributed by atoms with van der Waals surface area (Å²) in [6.07, 6.45) is -0.683. The standard InChI is InChI=1S/C18H23N3O5S/c1-19-17(23)14-9-21(12-5-3-4-6-13(12)26-14)11-16(22)20-7-8-27-15(10-20)18(24)25-2/h3-6,14-15H,7-11H2,1-2H3,(H,19,23)/t14-,15-/m0/s1. The molecule has 0 spiro atoms. The molecule has 1 fully saturated rings. The number of carbonyl (C=O) groups is 3. The van der Waals surface area contributed by atoms with E-state index in [1.807, 2.05) is 23.1 Å². The first kappa shape index (κ1) is 19.3. The zero-order valence-electron chi connectivity index (χ0n) is 15.3. The van der Waals surface area contributed by atoms with E-state index in [4.69, 9.17) is 9.47 Å². The number of benzene rings is 1. The summed E-state index contributed by atoms with van der Waals surface area (Å²) in [6, 6.07) is 7.34. The molecule has 0 saturated carbocycles. The molecule has 27 heavy (non-hydrogen) atoms. The van der Waals surface area contributed by atoms with Crippen molar-refractivity contribution in [2.45, 2.75) is 11.4 Å². The largest absolute Gasteiger partial charge is 0.477 e. The number of esters is 1. The van der Waals surface area contributed by atoms with Gasteiger partial charge < -0.3 is 24.6 Å². The molecule has 0 bridgehead atoms. The van der Waals surface area contributed by atoms with E-state index >= 15 is 0 Å². The fraction of sp³-hybridized carbons (Fsp3) is 0.500. The molecular formula is C18H23N3O5S. The van der Waals surface area contributed by atoms with Crippen molar-refractivity contribution in [1.29, 1.82) is 0 Å². The van der Waals surface area contributed by atoms with Gasteiger partial charge in [-0.2, -0.15) is 0 Å². The maximum atomic E-state index is 12.9. The van der Waals surface area contributed by atoms with Gasteiger partial charge in [0.05, 0.1) is 25.9 Å². The lowest BCUT2D eigenvalue weighted by Crippen LogP contribution is -2.53. The van der Waals surface area contributed by atoms with Crippen molar-refractivity contribution in [3.05, 3.63) is 24.3 Å². The number of hydrogen-bond donors (Lipinski definition) is 1. The van der Waals surface area contributed by atoms with Crippen LogP contribution < -0.4 is 15.0 Å². The number of methoxy groups -OCH3 is 1. The average Bonchev–Trinajstić information content (AvgIpc) is 2.72. The van der Waals surface area contributed by atoms with Gasteiger partial charge >= 0.3 is 5.97 Å². The number of nitrogens with zero attached hydrogens (tertiary/aromatic N) is 2. The van der Waals surface area contributed by atoms with Crippen LogP contribution in [-0.2, 0) is 19.1 Å². The van der Waals surface area contributed by atoms with Gasteiger partial charge in [-0.3, -0.25) is 14.4 Å². The lowest BCUT2D eigenvalue weighted by atomic mass is 10.1. The number of nitrogens with one attached hydrogen (secondary N) is 1. The molecule has 3 rings (SSSR count). The summed E-state index contributed by atoms with van der Waals surface area (Å²) < 4.78 is 10.6. The Labute approximate surface area is 162 Å². The second kappa shape index (κ2) is 8.51. The van der Waals surface area contributed by atoms with Crippen LogP contribution in [0.3, 0.4) is 0 Å². The number of ether oxygens (including phenoxy) is 2. The molecule has 0 unspecified atom stereocenters. The zero-order chi connectivity index (χ0) is 19.4. The zero-order valence-corrected chi connectivity index (χ0v) is 16.2. The summed E-state index contributed by atoms with van der Waals surface area (Å²) in [7, 11) is 2.91. The lowest BCUT2D eigenvalue weighted by Gasteiger charge is -2.37. The van der Waals surface area contributed by atoms with Crippen LogP contribution in [0.2, 0.25) is 0 Å². The normalized spacial score (nSPS) is 21.7. The number of likely N-dealkylation sites (N-methyl/N-ethyl adjacent to an activating group) is 1. The van der Waals surface area contributed by atoms with Gasteiger partial charge in [0.25, 0.3) is 5.91 Å². The molecule has 2 aliphatic heterocycles. The van der Waals surface area contributed by atoms with Gasteiger partial charge in [0.1, 0.15) is 11.0 Å². The van der Waals surface area contributed by atoms with Gasteiger partial charge in [-0.15, -0.1) is 11.8 Å². The van der Waals surface area contributed by atoms with Crippen molar-refractivity contribution in [3.63, 3.8) is 0 Å². The Morgan fingerprint density at radius 3 is 2.81 bits per heavy atom. The maximum Gasteiger partial charge on any atom is 0.320 e. The quantitative estimate of drug-likeness (QED) is 0.727. The third kappa shape index (κ3) is 4.29. The van der Waals surface area contributed by atoms with Crippen molar-refractivity contribution in [1.82, 2.24) is 10.2 Å². The molecule has 2 heterocycles. The summed E-state index contributed by atoms with van der Waals surface area (Å²) in [4.78, 5) is 40.2. The van der Waals surface area contributed by atoms with Crippen molar-refractivity contribution >= 4 is 35.2 Å². The van der Waals surface area contributed by atoms with Crippen LogP contribution in [0.1, 0.15) is 0 Å². The second-order valence-electron chi connectivity index (χ2n) is 6.29. The monoisotopic (exact) mass is 393 g/mol. The van der Waals surface area contributed by atoms with Crippen LogP contribution in [-0.4, -0.2) is 80.1 Å². The first-order valence-electron chi connectivity index (χ1n) is 8.73. The molecular weight excluding hydrogens is 370 g/mol. The molecule has 1 aromatic rings. The Morgan fingerprint density at radius 1 is 1.30 bits per heavy atom. The summed E-state index contributed by atoms with van der Waals surface area (Å²) in [5, 5.41) is 2.23. The number of hydrogen-bond acceptors (Lipinski definition) is 7. The molecule has 9 heteroatoms. The molecule has 1 aromatic carbocycles. The highest BCUT2D eigenvalue weighted by molar-refractivity contribution is 8.00. The molecule has 2 atom stereocenters. The van der Waals surface area contributed by atoms with Gasteiger partial charge in [-0.25, -0.2) is 0 Å². The lowest BCUT2D eigenvalue weighted by molar-refractivity contribution is -0.141. The first-order valence-corrected chi connectivity index (χ1v) is 9.77. The first-order chi connectivity index (χ1) is 13.0. The highest BCUT2D eigenvalue weighted by Crippen LogP contribution is 2.33. The van der Waals surface area contributed by atoms with Gasteiger partial charge in [0.15, 0.2) is 6.10 Å². The van der Waals surface area contributed by atoms with E-state index in [1.54, 1.807) is 18.0 Å². The number of anilines is 1. The minimum Gasteiger partial charge on any atom is -0.477 e. The topological polar surface area (TPSA) is 88.2 Å². The van der Waals surface area contributed by atoms with Crippen LogP contribution in [0, 0.1) is 0 Å². The fourth-order valence-electron chi connectivity index (χ4n) is 3.17. The molecule has 0 aliphatic carbocycles. The number of fused-ring (bicyclic) bond motifs is 1. The van der Waals surface area contributed by atoms with Crippen molar-refractivity contribution < 1.29 is 23.9 Å².